The first-order chi connectivity index (χ1) is 12.6. The molecule has 0 spiro atoms. The summed E-state index contributed by atoms with van der Waals surface area (Å²) in [6.07, 6.45) is 2.47. The summed E-state index contributed by atoms with van der Waals surface area (Å²) in [7, 11) is 1.44. The molecule has 0 bridgehead atoms. The number of aromatic nitrogens is 3. The monoisotopic (exact) mass is 431 g/mol. The maximum absolute atomic E-state index is 9.92. The standard InChI is InChI=1S/C12H17N4OS.C4H9N3O2.ClH/c1-8-11(3-4-17)18-7-16(8)6-10-5-14-9(2)15-12(10)13;1-7(4(5)6)2-3(8)9;/h5,7,17H,3-4,6H2,1-2H3,(H2,13,14,15);2H2,1H3,(H3,5,6)(H,8,9);1H/q+1;;/p-1. The lowest BCUT2D eigenvalue weighted by atomic mass is 10.2. The van der Waals surface area contributed by atoms with Crippen molar-refractivity contribution < 1.29 is 32.0 Å². The lowest BCUT2D eigenvalue weighted by Crippen LogP contribution is -3.00. The SMILES string of the molecule is CN(CC(=O)O)C(=N)N.Cc1ncc(C[n+]2csc(CCO)c2C)c(N)n1.[Cl-]. The molecule has 0 fully saturated rings. The third-order valence-electron chi connectivity index (χ3n) is 3.64. The van der Waals surface area contributed by atoms with Crippen LogP contribution in [0.15, 0.2) is 11.7 Å². The van der Waals surface area contributed by atoms with E-state index < -0.39 is 5.97 Å². The largest absolute Gasteiger partial charge is 1.00 e. The maximum Gasteiger partial charge on any atom is 0.323 e. The summed E-state index contributed by atoms with van der Waals surface area (Å²) in [6, 6.07) is 0. The topological polar surface area (TPSA) is 166 Å². The van der Waals surface area contributed by atoms with Crippen molar-refractivity contribution in [2.24, 2.45) is 5.73 Å². The minimum Gasteiger partial charge on any atom is -1.00 e. The lowest BCUT2D eigenvalue weighted by Gasteiger charge is -2.12. The molecular formula is C16H26ClN7O3S. The Labute approximate surface area is 173 Å². The van der Waals surface area contributed by atoms with E-state index in [1.165, 1.54) is 11.9 Å². The first-order valence-electron chi connectivity index (χ1n) is 8.07. The van der Waals surface area contributed by atoms with E-state index in [0.717, 1.165) is 16.2 Å². The van der Waals surface area contributed by atoms with Gasteiger partial charge in [-0.3, -0.25) is 10.2 Å². The van der Waals surface area contributed by atoms with Crippen molar-refractivity contribution in [3.63, 3.8) is 0 Å². The van der Waals surface area contributed by atoms with Gasteiger partial charge in [-0.25, -0.2) is 9.97 Å². The highest BCUT2D eigenvalue weighted by atomic mass is 35.5. The number of halogens is 1. The average molecular weight is 432 g/mol. The number of carboxylic acids is 1. The summed E-state index contributed by atoms with van der Waals surface area (Å²) in [5.41, 5.74) is 14.9. The van der Waals surface area contributed by atoms with E-state index >= 15 is 0 Å². The van der Waals surface area contributed by atoms with Crippen molar-refractivity contribution in [1.29, 1.82) is 5.41 Å². The Morgan fingerprint density at radius 2 is 2.07 bits per heavy atom. The van der Waals surface area contributed by atoms with Crippen molar-refractivity contribution in [3.8, 4) is 0 Å². The average Bonchev–Trinajstić information content (AvgIpc) is 2.91. The predicted octanol–water partition coefficient (Wildman–Crippen LogP) is -3.49. The first-order valence-corrected chi connectivity index (χ1v) is 8.95. The number of hydrogen-bond acceptors (Lipinski definition) is 7. The summed E-state index contributed by atoms with van der Waals surface area (Å²) in [4.78, 5) is 20.6. The minimum atomic E-state index is -0.993. The fraction of sp³-hybridized carbons (Fsp3) is 0.438. The van der Waals surface area contributed by atoms with Gasteiger partial charge in [0.2, 0.25) is 5.51 Å². The van der Waals surface area contributed by atoms with Crippen LogP contribution in [0.1, 0.15) is 22.0 Å². The molecule has 12 heteroatoms. The van der Waals surface area contributed by atoms with Crippen molar-refractivity contribution in [2.75, 3.05) is 25.9 Å². The summed E-state index contributed by atoms with van der Waals surface area (Å²) >= 11 is 1.65. The van der Waals surface area contributed by atoms with Gasteiger partial charge in [0.05, 0.1) is 10.4 Å². The second kappa shape index (κ2) is 12.1. The highest BCUT2D eigenvalue weighted by Crippen LogP contribution is 2.13. The summed E-state index contributed by atoms with van der Waals surface area (Å²) in [5.74, 6) is -0.0151. The third-order valence-corrected chi connectivity index (χ3v) is 4.78. The maximum atomic E-state index is 9.92. The zero-order valence-electron chi connectivity index (χ0n) is 16.0. The summed E-state index contributed by atoms with van der Waals surface area (Å²) in [6.45, 7) is 4.49. The van der Waals surface area contributed by atoms with Gasteiger partial charge in [-0.15, -0.1) is 0 Å². The molecule has 0 unspecified atom stereocenters. The molecule has 2 aromatic heterocycles. The molecule has 0 amide bonds. The van der Waals surface area contributed by atoms with Crippen LogP contribution in [0.5, 0.6) is 0 Å². The number of hydrogen-bond donors (Lipinski definition) is 5. The minimum absolute atomic E-state index is 0. The summed E-state index contributed by atoms with van der Waals surface area (Å²) < 4.78 is 2.11. The molecular weight excluding hydrogens is 406 g/mol. The molecule has 0 saturated carbocycles. The number of guanidine groups is 1. The summed E-state index contributed by atoms with van der Waals surface area (Å²) in [5, 5.41) is 23.8. The van der Waals surface area contributed by atoms with E-state index in [-0.39, 0.29) is 31.5 Å². The number of anilines is 1. The van der Waals surface area contributed by atoms with E-state index in [1.54, 1.807) is 17.5 Å². The molecule has 0 atom stereocenters. The molecule has 156 valence electrons. The number of aryl methyl sites for hydroxylation is 1. The van der Waals surface area contributed by atoms with Crippen LogP contribution in [0.2, 0.25) is 0 Å². The first kappa shape index (κ1) is 25.5. The molecule has 0 saturated heterocycles. The zero-order valence-corrected chi connectivity index (χ0v) is 17.6. The van der Waals surface area contributed by atoms with Gasteiger partial charge in [0.15, 0.2) is 18.2 Å². The van der Waals surface area contributed by atoms with Crippen LogP contribution in [-0.2, 0) is 17.8 Å². The lowest BCUT2D eigenvalue weighted by molar-refractivity contribution is -0.689. The molecule has 0 aromatic carbocycles. The van der Waals surface area contributed by atoms with Gasteiger partial charge >= 0.3 is 5.97 Å². The molecule has 0 aliphatic heterocycles. The fourth-order valence-electron chi connectivity index (χ4n) is 2.05. The molecule has 0 radical (unpaired) electrons. The van der Waals surface area contributed by atoms with Crippen LogP contribution in [-0.4, -0.2) is 57.2 Å². The molecule has 10 nitrogen and oxygen atoms in total. The van der Waals surface area contributed by atoms with Crippen LogP contribution in [0.4, 0.5) is 5.82 Å². The van der Waals surface area contributed by atoms with Crippen LogP contribution in [0, 0.1) is 19.3 Å². The van der Waals surface area contributed by atoms with Gasteiger partial charge in [0, 0.05) is 33.2 Å². The molecule has 28 heavy (non-hydrogen) atoms. The van der Waals surface area contributed by atoms with E-state index in [1.807, 2.05) is 19.4 Å². The normalized spacial score (nSPS) is 9.71. The van der Waals surface area contributed by atoms with E-state index in [2.05, 4.69) is 14.5 Å². The molecule has 7 N–H and O–H groups in total. The number of nitrogens with one attached hydrogen (secondary N) is 1. The van der Waals surface area contributed by atoms with E-state index in [4.69, 9.17) is 27.1 Å². The molecule has 2 rings (SSSR count). The van der Waals surface area contributed by atoms with Crippen LogP contribution < -0.4 is 28.4 Å². The Bertz CT molecular complexity index is 801. The van der Waals surface area contributed by atoms with Crippen molar-refractivity contribution in [3.05, 3.63) is 33.7 Å². The fourth-order valence-corrected chi connectivity index (χ4v) is 3.04. The number of likely N-dealkylation sites (N-methyl/N-ethyl adjacent to an activating group) is 1. The van der Waals surface area contributed by atoms with Gasteiger partial charge in [0.25, 0.3) is 0 Å². The Balaban J connectivity index is 0.000000627. The van der Waals surface area contributed by atoms with E-state index in [9.17, 15) is 4.79 Å². The predicted molar refractivity (Wildman–Crippen MR) is 103 cm³/mol. The highest BCUT2D eigenvalue weighted by molar-refractivity contribution is 7.09. The second-order valence-electron chi connectivity index (χ2n) is 5.80. The van der Waals surface area contributed by atoms with Gasteiger partial charge in [-0.2, -0.15) is 4.57 Å². The van der Waals surface area contributed by atoms with Gasteiger partial charge < -0.3 is 39.0 Å². The van der Waals surface area contributed by atoms with E-state index in [0.29, 0.717) is 24.6 Å². The number of aliphatic carboxylic acids is 1. The number of carboxylic acid groups (broad SMARTS) is 1. The van der Waals surface area contributed by atoms with Crippen LogP contribution in [0.25, 0.3) is 0 Å². The van der Waals surface area contributed by atoms with Crippen molar-refractivity contribution >= 4 is 29.1 Å². The number of rotatable bonds is 6. The second-order valence-corrected chi connectivity index (χ2v) is 6.74. The number of nitrogens with two attached hydrogens (primary N) is 2. The smallest absolute Gasteiger partial charge is 0.323 e. The van der Waals surface area contributed by atoms with Crippen molar-refractivity contribution in [1.82, 2.24) is 14.9 Å². The quantitative estimate of drug-likeness (QED) is 0.178. The van der Waals surface area contributed by atoms with Gasteiger partial charge in [-0.1, -0.05) is 11.3 Å². The highest BCUT2D eigenvalue weighted by Gasteiger charge is 2.17. The number of thiazole rings is 1. The molecule has 2 heterocycles. The van der Waals surface area contributed by atoms with Crippen LogP contribution in [0.3, 0.4) is 0 Å². The third kappa shape index (κ3) is 8.03. The van der Waals surface area contributed by atoms with Crippen LogP contribution >= 0.6 is 11.3 Å². The number of nitrogens with zero attached hydrogens (tertiary/aromatic N) is 4. The number of aliphatic hydroxyl groups excluding tert-OH is 1. The number of carbonyl (C=O) groups is 1. The van der Waals surface area contributed by atoms with Gasteiger partial charge in [-0.05, 0) is 6.92 Å². The van der Waals surface area contributed by atoms with Crippen molar-refractivity contribution in [2.45, 2.75) is 26.8 Å². The zero-order chi connectivity index (χ0) is 20.6. The Morgan fingerprint density at radius 3 is 2.54 bits per heavy atom. The molecule has 0 aliphatic rings. The molecule has 2 aromatic rings. The Hall–Kier alpha value is -2.50. The Kier molecular flexibility index (Phi) is 11.0. The van der Waals surface area contributed by atoms with Gasteiger partial charge in [0.1, 0.15) is 18.2 Å². The molecule has 0 aliphatic carbocycles. The number of aliphatic hydroxyl groups is 1. The Morgan fingerprint density at radius 1 is 1.43 bits per heavy atom. The number of nitrogen functional groups attached to an aromatic ring is 1.